The lowest BCUT2D eigenvalue weighted by Crippen LogP contribution is -2.15. The average molecular weight is 250 g/mol. The van der Waals surface area contributed by atoms with Crippen molar-refractivity contribution in [3.05, 3.63) is 18.1 Å². The van der Waals surface area contributed by atoms with Gasteiger partial charge < -0.3 is 9.52 Å². The van der Waals surface area contributed by atoms with Crippen LogP contribution in [0.3, 0.4) is 0 Å². The van der Waals surface area contributed by atoms with Gasteiger partial charge in [-0.3, -0.25) is 4.79 Å². The van der Waals surface area contributed by atoms with E-state index in [1.165, 1.54) is 0 Å². The fraction of sp³-hybridized carbons (Fsp3) is 0.455. The third-order valence-corrected chi connectivity index (χ3v) is 2.71. The lowest BCUT2D eigenvalue weighted by Gasteiger charge is -2.13. The van der Waals surface area contributed by atoms with E-state index in [0.29, 0.717) is 12.2 Å². The van der Waals surface area contributed by atoms with E-state index in [1.807, 2.05) is 19.9 Å². The molecule has 2 aromatic rings. The molecule has 1 N–H and O–H groups in total. The van der Waals surface area contributed by atoms with Gasteiger partial charge in [0, 0.05) is 0 Å². The number of carboxylic acids is 1. The maximum absolute atomic E-state index is 10.8. The highest BCUT2D eigenvalue weighted by molar-refractivity contribution is 5.67. The molecule has 0 saturated carbocycles. The Kier molecular flexibility index (Phi) is 3.40. The number of carbonyl (C=O) groups is 1. The van der Waals surface area contributed by atoms with Gasteiger partial charge in [-0.2, -0.15) is 0 Å². The molecule has 7 heteroatoms. The van der Waals surface area contributed by atoms with Crippen LogP contribution in [0.2, 0.25) is 0 Å². The molecule has 0 aliphatic heterocycles. The fourth-order valence-electron chi connectivity index (χ4n) is 1.80. The minimum absolute atomic E-state index is 0.00856. The predicted octanol–water partition coefficient (Wildman–Crippen LogP) is 1.67. The molecule has 0 fully saturated rings. The second kappa shape index (κ2) is 4.99. The Balaban J connectivity index is 2.34. The quantitative estimate of drug-likeness (QED) is 0.867. The number of hydrogen-bond donors (Lipinski definition) is 1. The average Bonchev–Trinajstić information content (AvgIpc) is 2.93. The fourth-order valence-corrected chi connectivity index (χ4v) is 1.80. The summed E-state index contributed by atoms with van der Waals surface area (Å²) in [5.74, 6) is 0.414. The highest BCUT2D eigenvalue weighted by Gasteiger charge is 2.20. The van der Waals surface area contributed by atoms with E-state index in [1.54, 1.807) is 10.9 Å². The van der Waals surface area contributed by atoms with Crippen LogP contribution in [0.1, 0.15) is 31.6 Å². The molecule has 0 aliphatic carbocycles. The highest BCUT2D eigenvalue weighted by atomic mass is 16.4. The summed E-state index contributed by atoms with van der Waals surface area (Å²) in [6.45, 7) is 3.73. The van der Waals surface area contributed by atoms with Gasteiger partial charge in [-0.25, -0.2) is 4.68 Å². The molecular formula is C11H14N4O3. The normalized spacial score (nSPS) is 12.6. The van der Waals surface area contributed by atoms with E-state index >= 15 is 0 Å². The van der Waals surface area contributed by atoms with Gasteiger partial charge in [0.2, 0.25) is 0 Å². The van der Waals surface area contributed by atoms with E-state index in [2.05, 4.69) is 15.5 Å². The highest BCUT2D eigenvalue weighted by Crippen LogP contribution is 2.24. The van der Waals surface area contributed by atoms with E-state index in [-0.39, 0.29) is 12.5 Å². The van der Waals surface area contributed by atoms with Gasteiger partial charge in [-0.05, 0) is 29.8 Å². The van der Waals surface area contributed by atoms with Crippen LogP contribution in [0, 0.1) is 6.92 Å². The van der Waals surface area contributed by atoms with Crippen molar-refractivity contribution in [3.8, 4) is 11.4 Å². The third-order valence-electron chi connectivity index (χ3n) is 2.71. The number of nitrogens with zero attached hydrogens (tertiary/aromatic N) is 4. The Morgan fingerprint density at radius 1 is 1.61 bits per heavy atom. The first-order chi connectivity index (χ1) is 8.61. The predicted molar refractivity (Wildman–Crippen MR) is 61.8 cm³/mol. The summed E-state index contributed by atoms with van der Waals surface area (Å²) in [5.41, 5.74) is 0.751. The number of furan rings is 1. The largest absolute Gasteiger partial charge is 0.481 e. The van der Waals surface area contributed by atoms with Gasteiger partial charge in [0.15, 0.2) is 5.82 Å². The first kappa shape index (κ1) is 12.3. The molecule has 96 valence electrons. The number of tetrazole rings is 1. The van der Waals surface area contributed by atoms with Crippen LogP contribution in [0.15, 0.2) is 16.7 Å². The van der Waals surface area contributed by atoms with Crippen molar-refractivity contribution < 1.29 is 14.3 Å². The summed E-state index contributed by atoms with van der Waals surface area (Å²) in [4.78, 5) is 10.8. The summed E-state index contributed by atoms with van der Waals surface area (Å²) in [6, 6.07) is 1.55. The van der Waals surface area contributed by atoms with Crippen molar-refractivity contribution in [1.82, 2.24) is 20.2 Å². The standard InChI is InChI=1S/C11H14N4O3/c1-3-9(5-10(16)17)15-11(12-13-14-15)8-4-7(2)18-6-8/h4,6,9H,3,5H2,1-2H3,(H,16,17). The van der Waals surface area contributed by atoms with Crippen molar-refractivity contribution in [1.29, 1.82) is 0 Å². The lowest BCUT2D eigenvalue weighted by molar-refractivity contribution is -0.138. The van der Waals surface area contributed by atoms with Gasteiger partial charge >= 0.3 is 5.97 Å². The summed E-state index contributed by atoms with van der Waals surface area (Å²) in [7, 11) is 0. The molecule has 0 spiro atoms. The number of hydrogen-bond acceptors (Lipinski definition) is 5. The van der Waals surface area contributed by atoms with Crippen molar-refractivity contribution in [2.75, 3.05) is 0 Å². The Labute approximate surface area is 103 Å². The smallest absolute Gasteiger partial charge is 0.305 e. The van der Waals surface area contributed by atoms with E-state index < -0.39 is 5.97 Å². The Hall–Kier alpha value is -2.18. The molecule has 1 unspecified atom stereocenters. The number of aliphatic carboxylic acids is 1. The van der Waals surface area contributed by atoms with Crippen LogP contribution in [-0.4, -0.2) is 31.3 Å². The van der Waals surface area contributed by atoms with E-state index in [9.17, 15) is 4.79 Å². The lowest BCUT2D eigenvalue weighted by atomic mass is 10.1. The summed E-state index contributed by atoms with van der Waals surface area (Å²) in [5, 5.41) is 20.3. The molecule has 0 bridgehead atoms. The molecule has 1 atom stereocenters. The second-order valence-electron chi connectivity index (χ2n) is 4.05. The van der Waals surface area contributed by atoms with Crippen LogP contribution in [-0.2, 0) is 4.79 Å². The zero-order valence-corrected chi connectivity index (χ0v) is 10.2. The zero-order valence-electron chi connectivity index (χ0n) is 10.2. The van der Waals surface area contributed by atoms with Crippen molar-refractivity contribution in [2.45, 2.75) is 32.7 Å². The molecule has 2 aromatic heterocycles. The Morgan fingerprint density at radius 3 is 2.94 bits per heavy atom. The number of aromatic nitrogens is 4. The van der Waals surface area contributed by atoms with E-state index in [0.717, 1.165) is 11.3 Å². The van der Waals surface area contributed by atoms with Crippen LogP contribution in [0.5, 0.6) is 0 Å². The maximum atomic E-state index is 10.8. The van der Waals surface area contributed by atoms with Crippen LogP contribution >= 0.6 is 0 Å². The maximum Gasteiger partial charge on any atom is 0.305 e. The van der Waals surface area contributed by atoms with Gasteiger partial charge in [-0.15, -0.1) is 5.10 Å². The third kappa shape index (κ3) is 2.39. The molecule has 2 rings (SSSR count). The molecule has 2 heterocycles. The number of carboxylic acid groups (broad SMARTS) is 1. The molecule has 0 radical (unpaired) electrons. The van der Waals surface area contributed by atoms with Crippen molar-refractivity contribution >= 4 is 5.97 Å². The molecule has 0 aliphatic rings. The number of rotatable bonds is 5. The van der Waals surface area contributed by atoms with E-state index in [4.69, 9.17) is 9.52 Å². The van der Waals surface area contributed by atoms with Crippen LogP contribution < -0.4 is 0 Å². The van der Waals surface area contributed by atoms with Crippen LogP contribution in [0.4, 0.5) is 0 Å². The minimum atomic E-state index is -0.869. The minimum Gasteiger partial charge on any atom is -0.481 e. The summed E-state index contributed by atoms with van der Waals surface area (Å²) in [6.07, 6.45) is 2.19. The van der Waals surface area contributed by atoms with Crippen molar-refractivity contribution in [3.63, 3.8) is 0 Å². The molecular weight excluding hydrogens is 236 g/mol. The summed E-state index contributed by atoms with van der Waals surface area (Å²) >= 11 is 0. The van der Waals surface area contributed by atoms with Gasteiger partial charge in [0.25, 0.3) is 0 Å². The van der Waals surface area contributed by atoms with Crippen LogP contribution in [0.25, 0.3) is 11.4 Å². The zero-order chi connectivity index (χ0) is 13.1. The molecule has 18 heavy (non-hydrogen) atoms. The monoisotopic (exact) mass is 250 g/mol. The topological polar surface area (TPSA) is 94.0 Å². The number of aryl methyl sites for hydroxylation is 1. The Morgan fingerprint density at radius 2 is 2.39 bits per heavy atom. The molecule has 0 aromatic carbocycles. The first-order valence-electron chi connectivity index (χ1n) is 5.67. The second-order valence-corrected chi connectivity index (χ2v) is 4.05. The molecule has 0 saturated heterocycles. The van der Waals surface area contributed by atoms with Gasteiger partial charge in [0.1, 0.15) is 12.0 Å². The molecule has 7 nitrogen and oxygen atoms in total. The van der Waals surface area contributed by atoms with Gasteiger partial charge in [-0.1, -0.05) is 6.92 Å². The molecule has 0 amide bonds. The Bertz CT molecular complexity index is 546. The first-order valence-corrected chi connectivity index (χ1v) is 5.67. The van der Waals surface area contributed by atoms with Gasteiger partial charge in [0.05, 0.1) is 18.0 Å². The van der Waals surface area contributed by atoms with Crippen molar-refractivity contribution in [2.24, 2.45) is 0 Å². The SMILES string of the molecule is CCC(CC(=O)O)n1nnnc1-c1coc(C)c1. The summed E-state index contributed by atoms with van der Waals surface area (Å²) < 4.78 is 6.75.